The molecule has 0 aliphatic carbocycles. The van der Waals surface area contributed by atoms with Crippen molar-refractivity contribution in [3.63, 3.8) is 0 Å². The molecular formula is C31H38N2O4S. The van der Waals surface area contributed by atoms with Crippen LogP contribution in [0.1, 0.15) is 64.2 Å². The first kappa shape index (κ1) is 27.9. The number of methoxy groups -OCH3 is 1. The Morgan fingerprint density at radius 2 is 1.87 bits per heavy atom. The molecule has 2 heterocycles. The van der Waals surface area contributed by atoms with Crippen molar-refractivity contribution in [2.45, 2.75) is 45.6 Å². The van der Waals surface area contributed by atoms with E-state index in [0.29, 0.717) is 44.2 Å². The monoisotopic (exact) mass is 534 g/mol. The molecule has 2 amide bonds. The van der Waals surface area contributed by atoms with Crippen LogP contribution in [0.5, 0.6) is 5.75 Å². The van der Waals surface area contributed by atoms with Gasteiger partial charge in [-0.3, -0.25) is 9.59 Å². The van der Waals surface area contributed by atoms with Gasteiger partial charge in [-0.15, -0.1) is 11.3 Å². The predicted octanol–water partition coefficient (Wildman–Crippen LogP) is 5.86. The van der Waals surface area contributed by atoms with E-state index in [1.54, 1.807) is 23.3 Å². The Morgan fingerprint density at radius 1 is 1.11 bits per heavy atom. The van der Waals surface area contributed by atoms with Gasteiger partial charge < -0.3 is 19.3 Å². The van der Waals surface area contributed by atoms with Crippen molar-refractivity contribution < 1.29 is 19.1 Å². The van der Waals surface area contributed by atoms with Gasteiger partial charge in [0, 0.05) is 37.2 Å². The normalized spacial score (nSPS) is 14.9. The van der Waals surface area contributed by atoms with Gasteiger partial charge in [-0.25, -0.2) is 0 Å². The van der Waals surface area contributed by atoms with Crippen LogP contribution < -0.4 is 4.74 Å². The first-order chi connectivity index (χ1) is 18.4. The molecule has 0 unspecified atom stereocenters. The zero-order valence-corrected chi connectivity index (χ0v) is 23.6. The highest BCUT2D eigenvalue weighted by Gasteiger charge is 2.33. The molecule has 3 aromatic rings. The highest BCUT2D eigenvalue weighted by Crippen LogP contribution is 2.34. The number of carbonyl (C=O) groups is 2. The van der Waals surface area contributed by atoms with Gasteiger partial charge in [-0.2, -0.15) is 0 Å². The van der Waals surface area contributed by atoms with Crippen molar-refractivity contribution in [1.82, 2.24) is 9.80 Å². The number of thiophene rings is 1. The molecule has 0 bridgehead atoms. The fourth-order valence-corrected chi connectivity index (χ4v) is 5.82. The zero-order valence-electron chi connectivity index (χ0n) is 22.8. The Kier molecular flexibility index (Phi) is 9.58. The highest BCUT2D eigenvalue weighted by molar-refractivity contribution is 7.10. The molecule has 0 saturated carbocycles. The molecule has 0 saturated heterocycles. The molecule has 202 valence electrons. The number of rotatable bonds is 11. The number of fused-ring (bicyclic) bond motifs is 1. The van der Waals surface area contributed by atoms with E-state index >= 15 is 0 Å². The van der Waals surface area contributed by atoms with Crippen molar-refractivity contribution in [1.29, 1.82) is 0 Å². The molecule has 1 aromatic heterocycles. The number of benzene rings is 2. The number of aryl methyl sites for hydroxylation is 1. The summed E-state index contributed by atoms with van der Waals surface area (Å²) in [4.78, 5) is 32.1. The van der Waals surface area contributed by atoms with E-state index in [0.717, 1.165) is 23.3 Å². The number of nitrogens with zero attached hydrogens (tertiary/aromatic N) is 2. The SMILES string of the molecule is COCCCN(CC(=O)N1CCc2sccc2[C@H]1COc1ccc(C(C)C)cc1)C(=O)c1ccccc1C. The molecule has 1 atom stereocenters. The van der Waals surface area contributed by atoms with Gasteiger partial charge in [0.05, 0.1) is 6.04 Å². The Hall–Kier alpha value is -3.16. The lowest BCUT2D eigenvalue weighted by atomic mass is 10.00. The molecule has 38 heavy (non-hydrogen) atoms. The summed E-state index contributed by atoms with van der Waals surface area (Å²) in [7, 11) is 1.64. The first-order valence-electron chi connectivity index (χ1n) is 13.3. The molecule has 0 radical (unpaired) electrons. The van der Waals surface area contributed by atoms with Crippen LogP contribution in [0.25, 0.3) is 0 Å². The van der Waals surface area contributed by atoms with E-state index in [2.05, 4.69) is 37.4 Å². The van der Waals surface area contributed by atoms with Crippen molar-refractivity contribution in [3.8, 4) is 5.75 Å². The molecule has 7 heteroatoms. The maximum absolute atomic E-state index is 13.8. The summed E-state index contributed by atoms with van der Waals surface area (Å²) in [6.45, 7) is 8.24. The second-order valence-corrected chi connectivity index (χ2v) is 11.1. The Bertz CT molecular complexity index is 1220. The standard InChI is InChI=1S/C31H38N2O4S/c1-22(2)24-10-12-25(13-11-24)37-21-28-27-15-19-38-29(27)14-17-33(28)30(34)20-32(16-7-18-36-4)31(35)26-9-6-5-8-23(26)3/h5-6,8-13,15,19,22,28H,7,14,16-18,20-21H2,1-4H3/t28-/m1/s1. The average Bonchev–Trinajstić information content (AvgIpc) is 3.40. The van der Waals surface area contributed by atoms with Crippen LogP contribution in [0.3, 0.4) is 0 Å². The van der Waals surface area contributed by atoms with Crippen LogP contribution in [-0.4, -0.2) is 61.6 Å². The number of amides is 2. The lowest BCUT2D eigenvalue weighted by Crippen LogP contribution is -2.48. The Morgan fingerprint density at radius 3 is 2.58 bits per heavy atom. The van der Waals surface area contributed by atoms with E-state index in [4.69, 9.17) is 9.47 Å². The minimum atomic E-state index is -0.198. The van der Waals surface area contributed by atoms with Gasteiger partial charge >= 0.3 is 0 Å². The number of ether oxygens (including phenoxy) is 2. The molecular weight excluding hydrogens is 496 g/mol. The second kappa shape index (κ2) is 13.1. The Balaban J connectivity index is 1.51. The molecule has 0 fully saturated rings. The quantitative estimate of drug-likeness (QED) is 0.289. The topological polar surface area (TPSA) is 59.1 Å². The van der Waals surface area contributed by atoms with Gasteiger partial charge in [0.15, 0.2) is 0 Å². The third-order valence-corrected chi connectivity index (χ3v) is 8.13. The van der Waals surface area contributed by atoms with E-state index < -0.39 is 0 Å². The van der Waals surface area contributed by atoms with Crippen molar-refractivity contribution in [2.75, 3.05) is 40.0 Å². The van der Waals surface area contributed by atoms with Crippen LogP contribution in [0.2, 0.25) is 0 Å². The number of hydrogen-bond acceptors (Lipinski definition) is 5. The fourth-order valence-electron chi connectivity index (χ4n) is 4.89. The Labute approximate surface area is 230 Å². The van der Waals surface area contributed by atoms with Gasteiger partial charge in [-0.05, 0) is 72.0 Å². The third-order valence-electron chi connectivity index (χ3n) is 7.14. The summed E-state index contributed by atoms with van der Waals surface area (Å²) in [6, 6.07) is 17.6. The smallest absolute Gasteiger partial charge is 0.254 e. The van der Waals surface area contributed by atoms with E-state index in [-0.39, 0.29) is 24.4 Å². The van der Waals surface area contributed by atoms with Crippen molar-refractivity contribution in [2.24, 2.45) is 0 Å². The van der Waals surface area contributed by atoms with E-state index in [1.165, 1.54) is 10.4 Å². The van der Waals surface area contributed by atoms with E-state index in [9.17, 15) is 9.59 Å². The van der Waals surface area contributed by atoms with Crippen molar-refractivity contribution >= 4 is 23.2 Å². The van der Waals surface area contributed by atoms with Crippen LogP contribution >= 0.6 is 11.3 Å². The maximum Gasteiger partial charge on any atom is 0.254 e. The van der Waals surface area contributed by atoms with Gasteiger partial charge in [0.2, 0.25) is 5.91 Å². The summed E-state index contributed by atoms with van der Waals surface area (Å²) in [6.07, 6.45) is 1.47. The molecule has 1 aliphatic rings. The molecule has 0 N–H and O–H groups in total. The predicted molar refractivity (Wildman–Crippen MR) is 152 cm³/mol. The van der Waals surface area contributed by atoms with Gasteiger partial charge in [0.1, 0.15) is 18.9 Å². The minimum absolute atomic E-state index is 0.0237. The van der Waals surface area contributed by atoms with Crippen molar-refractivity contribution in [3.05, 3.63) is 87.1 Å². The summed E-state index contributed by atoms with van der Waals surface area (Å²) < 4.78 is 11.4. The second-order valence-electron chi connectivity index (χ2n) is 10.1. The number of carbonyl (C=O) groups excluding carboxylic acids is 2. The lowest BCUT2D eigenvalue weighted by Gasteiger charge is -2.37. The molecule has 0 spiro atoms. The number of hydrogen-bond donors (Lipinski definition) is 0. The van der Waals surface area contributed by atoms with Crippen LogP contribution in [-0.2, 0) is 16.0 Å². The first-order valence-corrected chi connectivity index (χ1v) is 14.2. The lowest BCUT2D eigenvalue weighted by molar-refractivity contribution is -0.135. The zero-order chi connectivity index (χ0) is 27.1. The summed E-state index contributed by atoms with van der Waals surface area (Å²) in [5.74, 6) is 1.06. The summed E-state index contributed by atoms with van der Waals surface area (Å²) in [5.41, 5.74) is 3.93. The molecule has 1 aliphatic heterocycles. The molecule has 6 nitrogen and oxygen atoms in total. The third kappa shape index (κ3) is 6.63. The van der Waals surface area contributed by atoms with Crippen LogP contribution in [0, 0.1) is 6.92 Å². The van der Waals surface area contributed by atoms with Crippen LogP contribution in [0.15, 0.2) is 60.0 Å². The highest BCUT2D eigenvalue weighted by atomic mass is 32.1. The minimum Gasteiger partial charge on any atom is -0.491 e. The average molecular weight is 535 g/mol. The fraction of sp³-hybridized carbons (Fsp3) is 0.419. The summed E-state index contributed by atoms with van der Waals surface area (Å²) >= 11 is 1.73. The summed E-state index contributed by atoms with van der Waals surface area (Å²) in [5, 5.41) is 2.09. The molecule has 2 aromatic carbocycles. The largest absolute Gasteiger partial charge is 0.491 e. The van der Waals surface area contributed by atoms with Gasteiger partial charge in [-0.1, -0.05) is 44.2 Å². The van der Waals surface area contributed by atoms with E-state index in [1.807, 2.05) is 48.2 Å². The maximum atomic E-state index is 13.8. The molecule has 4 rings (SSSR count). The van der Waals surface area contributed by atoms with Crippen LogP contribution in [0.4, 0.5) is 0 Å². The van der Waals surface area contributed by atoms with Gasteiger partial charge in [0.25, 0.3) is 5.91 Å².